The van der Waals surface area contributed by atoms with Gasteiger partial charge in [-0.3, -0.25) is 4.79 Å². The van der Waals surface area contributed by atoms with Gasteiger partial charge < -0.3 is 20.5 Å². The van der Waals surface area contributed by atoms with E-state index in [0.29, 0.717) is 24.4 Å². The van der Waals surface area contributed by atoms with Crippen LogP contribution in [0.15, 0.2) is 24.3 Å². The number of carboxylic acids is 1. The second kappa shape index (κ2) is 12.3. The molecule has 0 fully saturated rings. The van der Waals surface area contributed by atoms with Crippen molar-refractivity contribution in [3.8, 4) is 6.07 Å². The normalized spacial score (nSPS) is 12.1. The molecule has 0 aliphatic heterocycles. The Balaban J connectivity index is 2.19. The molecule has 1 rings (SSSR count). The average molecular weight is 408 g/mol. The molecule has 1 amide bonds. The van der Waals surface area contributed by atoms with Gasteiger partial charge in [-0.05, 0) is 57.1 Å². The summed E-state index contributed by atoms with van der Waals surface area (Å²) in [6.07, 6.45) is 1.31. The summed E-state index contributed by atoms with van der Waals surface area (Å²) in [6, 6.07) is 8.93. The van der Waals surface area contributed by atoms with Crippen molar-refractivity contribution in [2.75, 3.05) is 24.6 Å². The maximum atomic E-state index is 11.5. The summed E-state index contributed by atoms with van der Waals surface area (Å²) in [5, 5.41) is 23.6. The van der Waals surface area contributed by atoms with E-state index in [0.717, 1.165) is 18.6 Å². The van der Waals surface area contributed by atoms with E-state index in [1.807, 2.05) is 12.1 Å². The van der Waals surface area contributed by atoms with Gasteiger partial charge in [-0.15, -0.1) is 0 Å². The number of thioether (sulfide) groups is 1. The third-order valence-corrected chi connectivity index (χ3v) is 4.75. The van der Waals surface area contributed by atoms with Crippen LogP contribution in [-0.2, 0) is 16.0 Å². The molecule has 28 heavy (non-hydrogen) atoms. The Morgan fingerprint density at radius 1 is 1.25 bits per heavy atom. The molecule has 0 spiro atoms. The first-order valence-electron chi connectivity index (χ1n) is 9.21. The molecule has 0 heterocycles. The van der Waals surface area contributed by atoms with Crippen LogP contribution in [-0.4, -0.2) is 53.4 Å². The molecular weight excluding hydrogens is 378 g/mol. The van der Waals surface area contributed by atoms with E-state index in [9.17, 15) is 14.7 Å². The highest BCUT2D eigenvalue weighted by Crippen LogP contribution is 2.11. The molecule has 1 aromatic carbocycles. The number of aryl methyl sites for hydroxylation is 1. The Kier molecular flexibility index (Phi) is 10.4. The minimum atomic E-state index is -0.906. The lowest BCUT2D eigenvalue weighted by atomic mass is 10.1. The first-order valence-corrected chi connectivity index (χ1v) is 10.4. The van der Waals surface area contributed by atoms with E-state index in [2.05, 4.69) is 16.7 Å². The van der Waals surface area contributed by atoms with E-state index in [1.165, 1.54) is 5.56 Å². The van der Waals surface area contributed by atoms with Crippen molar-refractivity contribution in [2.45, 2.75) is 45.3 Å². The quantitative estimate of drug-likeness (QED) is 0.484. The van der Waals surface area contributed by atoms with Gasteiger partial charge in [0.1, 0.15) is 11.6 Å². The smallest absolute Gasteiger partial charge is 0.407 e. The van der Waals surface area contributed by atoms with Crippen LogP contribution < -0.4 is 10.6 Å². The van der Waals surface area contributed by atoms with E-state index < -0.39 is 23.7 Å². The van der Waals surface area contributed by atoms with Gasteiger partial charge in [0.2, 0.25) is 0 Å². The maximum absolute atomic E-state index is 11.5. The van der Waals surface area contributed by atoms with Crippen LogP contribution in [0.25, 0.3) is 0 Å². The van der Waals surface area contributed by atoms with Crippen LogP contribution >= 0.6 is 11.8 Å². The molecule has 3 N–H and O–H groups in total. The van der Waals surface area contributed by atoms with Crippen LogP contribution in [0, 0.1) is 11.3 Å². The molecule has 1 aromatic rings. The number of nitrogens with zero attached hydrogens (tertiary/aromatic N) is 1. The molecule has 0 radical (unpaired) electrons. The highest BCUT2D eigenvalue weighted by molar-refractivity contribution is 7.99. The lowest BCUT2D eigenvalue weighted by Gasteiger charge is -2.20. The van der Waals surface area contributed by atoms with Crippen LogP contribution in [0.2, 0.25) is 0 Å². The van der Waals surface area contributed by atoms with Crippen LogP contribution in [0.1, 0.15) is 38.3 Å². The van der Waals surface area contributed by atoms with Crippen LogP contribution in [0.3, 0.4) is 0 Å². The number of carboxylic acid groups (broad SMARTS) is 1. The monoisotopic (exact) mass is 407 g/mol. The zero-order valence-electron chi connectivity index (χ0n) is 16.7. The minimum absolute atomic E-state index is 0.294. The fourth-order valence-corrected chi connectivity index (χ4v) is 3.28. The number of nitrogens with one attached hydrogen (secondary N) is 2. The van der Waals surface area contributed by atoms with Crippen molar-refractivity contribution in [1.82, 2.24) is 10.6 Å². The van der Waals surface area contributed by atoms with Crippen LogP contribution in [0.4, 0.5) is 4.79 Å². The Labute approximate surface area is 170 Å². The van der Waals surface area contributed by atoms with Gasteiger partial charge in [-0.1, -0.05) is 12.1 Å². The van der Waals surface area contributed by atoms with Gasteiger partial charge in [0, 0.05) is 18.8 Å². The summed E-state index contributed by atoms with van der Waals surface area (Å²) >= 11 is 1.58. The van der Waals surface area contributed by atoms with E-state index in [1.54, 1.807) is 44.7 Å². The van der Waals surface area contributed by atoms with Gasteiger partial charge in [0.15, 0.2) is 0 Å². The second-order valence-electron chi connectivity index (χ2n) is 7.26. The Hall–Kier alpha value is -2.24. The lowest BCUT2D eigenvalue weighted by molar-refractivity contribution is -0.138. The summed E-state index contributed by atoms with van der Waals surface area (Å²) in [4.78, 5) is 22.9. The first kappa shape index (κ1) is 23.8. The predicted octanol–water partition coefficient (Wildman–Crippen LogP) is 2.79. The topological polar surface area (TPSA) is 111 Å². The number of amides is 1. The number of nitriles is 1. The molecule has 0 aliphatic carbocycles. The van der Waals surface area contributed by atoms with Gasteiger partial charge in [0.05, 0.1) is 11.6 Å². The number of benzene rings is 1. The average Bonchev–Trinajstić information content (AvgIpc) is 2.62. The number of carbonyl (C=O) groups is 2. The van der Waals surface area contributed by atoms with Crippen molar-refractivity contribution in [1.29, 1.82) is 5.26 Å². The molecular formula is C20H29N3O4S. The number of alkyl carbamates (subject to hydrolysis) is 1. The third kappa shape index (κ3) is 10.8. The van der Waals surface area contributed by atoms with Gasteiger partial charge >= 0.3 is 12.1 Å². The molecule has 0 unspecified atom stereocenters. The predicted molar refractivity (Wildman–Crippen MR) is 110 cm³/mol. The zero-order valence-corrected chi connectivity index (χ0v) is 17.5. The van der Waals surface area contributed by atoms with E-state index in [-0.39, 0.29) is 0 Å². The van der Waals surface area contributed by atoms with Crippen LogP contribution in [0.5, 0.6) is 0 Å². The Morgan fingerprint density at radius 3 is 2.50 bits per heavy atom. The molecule has 7 nitrogen and oxygen atoms in total. The van der Waals surface area contributed by atoms with Crippen molar-refractivity contribution < 1.29 is 19.4 Å². The molecule has 0 aromatic heterocycles. The van der Waals surface area contributed by atoms with Gasteiger partial charge in [-0.25, -0.2) is 4.79 Å². The molecule has 0 aliphatic rings. The number of hydrogen-bond acceptors (Lipinski definition) is 6. The van der Waals surface area contributed by atoms with Crippen molar-refractivity contribution in [3.63, 3.8) is 0 Å². The SMILES string of the molecule is CC(C)(C)OC(=O)NCCN[C@H](CSCCCc1ccc(C#N)cc1)C(=O)O. The van der Waals surface area contributed by atoms with E-state index >= 15 is 0 Å². The highest BCUT2D eigenvalue weighted by atomic mass is 32.2. The van der Waals surface area contributed by atoms with Crippen molar-refractivity contribution in [3.05, 3.63) is 35.4 Å². The van der Waals surface area contributed by atoms with Crippen molar-refractivity contribution in [2.24, 2.45) is 0 Å². The summed E-state index contributed by atoms with van der Waals surface area (Å²) in [6.45, 7) is 5.99. The fraction of sp³-hybridized carbons (Fsp3) is 0.550. The molecule has 0 saturated carbocycles. The zero-order chi connectivity index (χ0) is 21.0. The number of aliphatic carboxylic acids is 1. The molecule has 0 bridgehead atoms. The lowest BCUT2D eigenvalue weighted by Crippen LogP contribution is -2.43. The number of ether oxygens (including phenoxy) is 1. The summed E-state index contributed by atoms with van der Waals surface area (Å²) in [7, 11) is 0. The fourth-order valence-electron chi connectivity index (χ4n) is 2.27. The number of hydrogen-bond donors (Lipinski definition) is 3. The maximum Gasteiger partial charge on any atom is 0.407 e. The molecule has 8 heteroatoms. The largest absolute Gasteiger partial charge is 0.480 e. The molecule has 154 valence electrons. The number of rotatable bonds is 11. The second-order valence-corrected chi connectivity index (χ2v) is 8.41. The highest BCUT2D eigenvalue weighted by Gasteiger charge is 2.18. The Bertz CT molecular complexity index is 666. The Morgan fingerprint density at radius 2 is 1.93 bits per heavy atom. The van der Waals surface area contributed by atoms with Crippen molar-refractivity contribution >= 4 is 23.8 Å². The van der Waals surface area contributed by atoms with Gasteiger partial charge in [-0.2, -0.15) is 17.0 Å². The number of carbonyl (C=O) groups excluding carboxylic acids is 1. The van der Waals surface area contributed by atoms with E-state index in [4.69, 9.17) is 10.00 Å². The third-order valence-electron chi connectivity index (χ3n) is 3.60. The summed E-state index contributed by atoms with van der Waals surface area (Å²) in [5.41, 5.74) is 1.26. The molecule has 1 atom stereocenters. The minimum Gasteiger partial charge on any atom is -0.480 e. The standard InChI is InChI=1S/C20H29N3O4S/c1-20(2,3)27-19(26)23-11-10-22-17(18(24)25)14-28-12-4-5-15-6-8-16(13-21)9-7-15/h6-9,17,22H,4-5,10-12,14H2,1-3H3,(H,23,26)(H,24,25)/t17-/m1/s1. The molecule has 0 saturated heterocycles. The summed E-state index contributed by atoms with van der Waals surface area (Å²) < 4.78 is 5.12. The van der Waals surface area contributed by atoms with Gasteiger partial charge in [0.25, 0.3) is 0 Å². The first-order chi connectivity index (χ1) is 13.2. The summed E-state index contributed by atoms with van der Waals surface area (Å²) in [5.74, 6) is 0.397.